The molecule has 0 unspecified atom stereocenters. The van der Waals surface area contributed by atoms with Crippen molar-refractivity contribution in [3.8, 4) is 0 Å². The molecule has 0 bridgehead atoms. The van der Waals surface area contributed by atoms with Crippen molar-refractivity contribution in [1.29, 1.82) is 0 Å². The van der Waals surface area contributed by atoms with Gasteiger partial charge in [-0.25, -0.2) is 0 Å². The number of aromatic nitrogens is 2. The zero-order valence-corrected chi connectivity index (χ0v) is 7.86. The molecule has 0 fully saturated rings. The van der Waals surface area contributed by atoms with Gasteiger partial charge in [-0.2, -0.15) is 5.10 Å². The van der Waals surface area contributed by atoms with E-state index in [4.69, 9.17) is 4.42 Å². The molecule has 0 saturated heterocycles. The van der Waals surface area contributed by atoms with E-state index in [-0.39, 0.29) is 0 Å². The first-order valence-corrected chi connectivity index (χ1v) is 4.34. The summed E-state index contributed by atoms with van der Waals surface area (Å²) >= 11 is 3.28. The molecule has 0 N–H and O–H groups in total. The van der Waals surface area contributed by atoms with Gasteiger partial charge >= 0.3 is 0 Å². The molecule has 2 heterocycles. The van der Waals surface area contributed by atoms with Crippen molar-refractivity contribution in [2.75, 3.05) is 0 Å². The minimum absolute atomic E-state index is 0.752. The van der Waals surface area contributed by atoms with E-state index in [0.29, 0.717) is 0 Å². The van der Waals surface area contributed by atoms with Crippen molar-refractivity contribution < 1.29 is 4.42 Å². The Balaban J connectivity index is 2.14. The van der Waals surface area contributed by atoms with Crippen molar-refractivity contribution >= 4 is 15.9 Å². The van der Waals surface area contributed by atoms with Gasteiger partial charge in [0, 0.05) is 11.8 Å². The average Bonchev–Trinajstić information content (AvgIpc) is 2.63. The normalized spacial score (nSPS) is 10.4. The predicted octanol–water partition coefficient (Wildman–Crippen LogP) is 2.29. The van der Waals surface area contributed by atoms with Gasteiger partial charge in [-0.3, -0.25) is 4.68 Å². The van der Waals surface area contributed by atoms with Crippen LogP contribution in [0.2, 0.25) is 0 Å². The Labute approximate surface area is 78.1 Å². The summed E-state index contributed by atoms with van der Waals surface area (Å²) in [6.07, 6.45) is 5.29. The molecule has 0 aromatic carbocycles. The Morgan fingerprint density at radius 1 is 1.50 bits per heavy atom. The van der Waals surface area contributed by atoms with Crippen LogP contribution in [0.5, 0.6) is 0 Å². The Hall–Kier alpha value is -1.03. The summed E-state index contributed by atoms with van der Waals surface area (Å²) in [7, 11) is 0. The van der Waals surface area contributed by atoms with E-state index in [1.165, 1.54) is 0 Å². The SMILES string of the molecule is Brc1ccn(Cc2ccoc2)n1. The molecule has 0 aliphatic rings. The molecule has 4 heteroatoms. The average molecular weight is 227 g/mol. The highest BCUT2D eigenvalue weighted by Crippen LogP contribution is 2.07. The van der Waals surface area contributed by atoms with Crippen molar-refractivity contribution in [3.63, 3.8) is 0 Å². The molecule has 3 nitrogen and oxygen atoms in total. The molecular weight excluding hydrogens is 220 g/mol. The van der Waals surface area contributed by atoms with Crippen LogP contribution in [0.25, 0.3) is 0 Å². The maximum Gasteiger partial charge on any atom is 0.128 e. The van der Waals surface area contributed by atoms with E-state index in [1.54, 1.807) is 12.5 Å². The highest BCUT2D eigenvalue weighted by atomic mass is 79.9. The van der Waals surface area contributed by atoms with Crippen LogP contribution in [-0.2, 0) is 6.54 Å². The Morgan fingerprint density at radius 3 is 3.00 bits per heavy atom. The topological polar surface area (TPSA) is 31.0 Å². The Kier molecular flexibility index (Phi) is 1.99. The maximum atomic E-state index is 4.94. The summed E-state index contributed by atoms with van der Waals surface area (Å²) in [5.41, 5.74) is 1.12. The van der Waals surface area contributed by atoms with Crippen molar-refractivity contribution in [2.45, 2.75) is 6.54 Å². The summed E-state index contributed by atoms with van der Waals surface area (Å²) < 4.78 is 7.64. The maximum absolute atomic E-state index is 4.94. The second-order valence-corrected chi connectivity index (χ2v) is 3.28. The van der Waals surface area contributed by atoms with Gasteiger partial charge in [0.2, 0.25) is 0 Å². The lowest BCUT2D eigenvalue weighted by atomic mass is 10.3. The number of furan rings is 1. The molecule has 0 radical (unpaired) electrons. The summed E-state index contributed by atoms with van der Waals surface area (Å²) in [5, 5.41) is 4.18. The third-order valence-corrected chi connectivity index (χ3v) is 1.96. The summed E-state index contributed by atoms with van der Waals surface area (Å²) in [4.78, 5) is 0. The molecule has 12 heavy (non-hydrogen) atoms. The summed E-state index contributed by atoms with van der Waals surface area (Å²) in [6, 6.07) is 3.83. The van der Waals surface area contributed by atoms with Crippen LogP contribution in [-0.4, -0.2) is 9.78 Å². The van der Waals surface area contributed by atoms with Gasteiger partial charge in [-0.1, -0.05) is 0 Å². The van der Waals surface area contributed by atoms with E-state index < -0.39 is 0 Å². The highest BCUT2D eigenvalue weighted by Gasteiger charge is 1.97. The molecule has 0 spiro atoms. The van der Waals surface area contributed by atoms with E-state index in [9.17, 15) is 0 Å². The monoisotopic (exact) mass is 226 g/mol. The Bertz CT molecular complexity index is 353. The van der Waals surface area contributed by atoms with Crippen LogP contribution in [0.1, 0.15) is 5.56 Å². The molecule has 2 rings (SSSR count). The first-order valence-electron chi connectivity index (χ1n) is 3.54. The van der Waals surface area contributed by atoms with E-state index in [2.05, 4.69) is 21.0 Å². The van der Waals surface area contributed by atoms with Crippen LogP contribution >= 0.6 is 15.9 Å². The molecule has 0 atom stereocenters. The molecule has 0 aliphatic carbocycles. The van der Waals surface area contributed by atoms with Crippen LogP contribution in [0, 0.1) is 0 Å². The fourth-order valence-electron chi connectivity index (χ4n) is 0.995. The molecule has 0 saturated carbocycles. The van der Waals surface area contributed by atoms with E-state index in [0.717, 1.165) is 16.7 Å². The highest BCUT2D eigenvalue weighted by molar-refractivity contribution is 9.10. The third kappa shape index (κ3) is 1.58. The molecule has 0 amide bonds. The predicted molar refractivity (Wildman–Crippen MR) is 47.7 cm³/mol. The van der Waals surface area contributed by atoms with Gasteiger partial charge in [-0.15, -0.1) is 0 Å². The quantitative estimate of drug-likeness (QED) is 0.787. The van der Waals surface area contributed by atoms with Crippen molar-refractivity contribution in [2.24, 2.45) is 0 Å². The number of halogens is 1. The number of rotatable bonds is 2. The summed E-state index contributed by atoms with van der Waals surface area (Å²) in [5.74, 6) is 0. The Morgan fingerprint density at radius 2 is 2.42 bits per heavy atom. The molecular formula is C8H7BrN2O. The number of hydrogen-bond donors (Lipinski definition) is 0. The first kappa shape index (κ1) is 7.61. The van der Waals surface area contributed by atoms with E-state index >= 15 is 0 Å². The smallest absolute Gasteiger partial charge is 0.128 e. The van der Waals surface area contributed by atoms with Gasteiger partial charge in [0.1, 0.15) is 4.60 Å². The zero-order valence-electron chi connectivity index (χ0n) is 6.27. The van der Waals surface area contributed by atoms with Crippen molar-refractivity contribution in [1.82, 2.24) is 9.78 Å². The minimum Gasteiger partial charge on any atom is -0.472 e. The third-order valence-electron chi connectivity index (χ3n) is 1.53. The lowest BCUT2D eigenvalue weighted by molar-refractivity contribution is 0.559. The van der Waals surface area contributed by atoms with Crippen LogP contribution in [0.4, 0.5) is 0 Å². The number of hydrogen-bond acceptors (Lipinski definition) is 2. The molecule has 2 aromatic rings. The molecule has 62 valence electrons. The van der Waals surface area contributed by atoms with E-state index in [1.807, 2.05) is 23.0 Å². The van der Waals surface area contributed by atoms with Crippen LogP contribution < -0.4 is 0 Å². The van der Waals surface area contributed by atoms with Gasteiger partial charge in [0.15, 0.2) is 0 Å². The lowest BCUT2D eigenvalue weighted by Crippen LogP contribution is -1.98. The molecule has 0 aliphatic heterocycles. The van der Waals surface area contributed by atoms with Crippen molar-refractivity contribution in [3.05, 3.63) is 41.0 Å². The fourth-order valence-corrected chi connectivity index (χ4v) is 1.32. The first-order chi connectivity index (χ1) is 5.84. The largest absolute Gasteiger partial charge is 0.472 e. The minimum atomic E-state index is 0.752. The standard InChI is InChI=1S/C8H7BrN2O/c9-8-1-3-11(10-8)5-7-2-4-12-6-7/h1-4,6H,5H2. The van der Waals surface area contributed by atoms with Gasteiger partial charge in [-0.05, 0) is 28.1 Å². The summed E-state index contributed by atoms with van der Waals surface area (Å²) in [6.45, 7) is 0.752. The second-order valence-electron chi connectivity index (χ2n) is 2.47. The zero-order chi connectivity index (χ0) is 8.39. The van der Waals surface area contributed by atoms with Crippen LogP contribution in [0.3, 0.4) is 0 Å². The van der Waals surface area contributed by atoms with Gasteiger partial charge in [0.25, 0.3) is 0 Å². The van der Waals surface area contributed by atoms with Gasteiger partial charge in [0.05, 0.1) is 19.1 Å². The second kappa shape index (κ2) is 3.15. The van der Waals surface area contributed by atoms with Gasteiger partial charge < -0.3 is 4.42 Å². The fraction of sp³-hybridized carbons (Fsp3) is 0.125. The lowest BCUT2D eigenvalue weighted by Gasteiger charge is -1.95. The van der Waals surface area contributed by atoms with Crippen LogP contribution in [0.15, 0.2) is 39.9 Å². The number of nitrogens with zero attached hydrogens (tertiary/aromatic N) is 2. The molecule has 2 aromatic heterocycles.